The largest absolute Gasteiger partial charge is 0.481 e. The highest BCUT2D eigenvalue weighted by molar-refractivity contribution is 9.10. The van der Waals surface area contributed by atoms with E-state index in [4.69, 9.17) is 5.11 Å². The summed E-state index contributed by atoms with van der Waals surface area (Å²) in [5.41, 5.74) is -0.532. The SMILES string of the molecule is O=C(O)CC1(NC(=O)c2cc(F)ccc2Br)CCCC1. The van der Waals surface area contributed by atoms with E-state index in [0.717, 1.165) is 18.9 Å². The molecular formula is C14H15BrFNO3. The van der Waals surface area contributed by atoms with Gasteiger partial charge in [-0.2, -0.15) is 0 Å². The van der Waals surface area contributed by atoms with Gasteiger partial charge in [-0.3, -0.25) is 9.59 Å². The molecule has 2 N–H and O–H groups in total. The van der Waals surface area contributed by atoms with Crippen molar-refractivity contribution in [2.24, 2.45) is 0 Å². The Balaban J connectivity index is 2.20. The van der Waals surface area contributed by atoms with E-state index in [-0.39, 0.29) is 12.0 Å². The number of halogens is 2. The molecule has 1 aromatic carbocycles. The van der Waals surface area contributed by atoms with Crippen molar-refractivity contribution >= 4 is 27.8 Å². The van der Waals surface area contributed by atoms with Crippen molar-refractivity contribution in [1.29, 1.82) is 0 Å². The van der Waals surface area contributed by atoms with E-state index >= 15 is 0 Å². The monoisotopic (exact) mass is 343 g/mol. The Bertz CT molecular complexity index is 541. The number of amides is 1. The molecule has 1 amide bonds. The molecular weight excluding hydrogens is 329 g/mol. The Kier molecular flexibility index (Phi) is 4.42. The average Bonchev–Trinajstić information content (AvgIpc) is 2.79. The summed E-state index contributed by atoms with van der Waals surface area (Å²) in [5, 5.41) is 11.8. The summed E-state index contributed by atoms with van der Waals surface area (Å²) < 4.78 is 13.7. The maximum absolute atomic E-state index is 13.2. The third kappa shape index (κ3) is 3.36. The van der Waals surface area contributed by atoms with Crippen molar-refractivity contribution in [2.75, 3.05) is 0 Å². The standard InChI is InChI=1S/C14H15BrFNO3/c15-11-4-3-9(16)7-10(11)13(20)17-14(8-12(18)19)5-1-2-6-14/h3-4,7H,1-2,5-6,8H2,(H,17,20)(H,18,19). The zero-order valence-corrected chi connectivity index (χ0v) is 12.4. The highest BCUT2D eigenvalue weighted by Gasteiger charge is 2.37. The lowest BCUT2D eigenvalue weighted by atomic mass is 9.92. The first kappa shape index (κ1) is 15.0. The molecule has 0 aliphatic heterocycles. The Hall–Kier alpha value is -1.43. The van der Waals surface area contributed by atoms with Crippen molar-refractivity contribution in [3.8, 4) is 0 Å². The Labute approximate surface area is 124 Å². The molecule has 20 heavy (non-hydrogen) atoms. The third-order valence-corrected chi connectivity index (χ3v) is 4.29. The van der Waals surface area contributed by atoms with Gasteiger partial charge in [-0.1, -0.05) is 12.8 Å². The molecule has 4 nitrogen and oxygen atoms in total. The number of benzene rings is 1. The van der Waals surface area contributed by atoms with Gasteiger partial charge in [0.05, 0.1) is 17.5 Å². The lowest BCUT2D eigenvalue weighted by Crippen LogP contribution is -2.47. The molecule has 1 aliphatic rings. The van der Waals surface area contributed by atoms with Crippen LogP contribution in [-0.2, 0) is 4.79 Å². The van der Waals surface area contributed by atoms with Crippen LogP contribution in [0.15, 0.2) is 22.7 Å². The van der Waals surface area contributed by atoms with Crippen LogP contribution in [0, 0.1) is 5.82 Å². The van der Waals surface area contributed by atoms with Gasteiger partial charge in [-0.15, -0.1) is 0 Å². The van der Waals surface area contributed by atoms with Crippen molar-refractivity contribution in [1.82, 2.24) is 5.32 Å². The number of rotatable bonds is 4. The van der Waals surface area contributed by atoms with Gasteiger partial charge in [-0.05, 0) is 47.0 Å². The number of carbonyl (C=O) groups is 2. The first-order valence-corrected chi connectivity index (χ1v) is 7.21. The van der Waals surface area contributed by atoms with E-state index < -0.39 is 23.2 Å². The predicted octanol–water partition coefficient (Wildman–Crippen LogP) is 3.11. The molecule has 108 valence electrons. The average molecular weight is 344 g/mol. The van der Waals surface area contributed by atoms with Crippen LogP contribution in [0.2, 0.25) is 0 Å². The quantitative estimate of drug-likeness (QED) is 0.882. The third-order valence-electron chi connectivity index (χ3n) is 3.60. The van der Waals surface area contributed by atoms with Crippen LogP contribution in [0.3, 0.4) is 0 Å². The maximum atomic E-state index is 13.2. The second kappa shape index (κ2) is 5.91. The highest BCUT2D eigenvalue weighted by atomic mass is 79.9. The Morgan fingerprint density at radius 1 is 1.35 bits per heavy atom. The lowest BCUT2D eigenvalue weighted by Gasteiger charge is -2.28. The minimum Gasteiger partial charge on any atom is -0.481 e. The number of aliphatic carboxylic acids is 1. The van der Waals surface area contributed by atoms with Crippen LogP contribution in [0.1, 0.15) is 42.5 Å². The maximum Gasteiger partial charge on any atom is 0.305 e. The minimum absolute atomic E-state index is 0.105. The number of carbonyl (C=O) groups excluding carboxylic acids is 1. The Morgan fingerprint density at radius 2 is 2.00 bits per heavy atom. The second-order valence-corrected chi connectivity index (χ2v) is 5.99. The lowest BCUT2D eigenvalue weighted by molar-refractivity contribution is -0.138. The van der Waals surface area contributed by atoms with Crippen LogP contribution in [0.5, 0.6) is 0 Å². The normalized spacial score (nSPS) is 16.9. The molecule has 0 unspecified atom stereocenters. The molecule has 0 spiro atoms. The van der Waals surface area contributed by atoms with E-state index in [9.17, 15) is 14.0 Å². The molecule has 0 bridgehead atoms. The second-order valence-electron chi connectivity index (χ2n) is 5.14. The molecule has 0 saturated heterocycles. The highest BCUT2D eigenvalue weighted by Crippen LogP contribution is 2.33. The summed E-state index contributed by atoms with van der Waals surface area (Å²) in [4.78, 5) is 23.2. The van der Waals surface area contributed by atoms with Gasteiger partial charge < -0.3 is 10.4 Å². The molecule has 1 aliphatic carbocycles. The van der Waals surface area contributed by atoms with Crippen LogP contribution in [0.25, 0.3) is 0 Å². The van der Waals surface area contributed by atoms with Gasteiger partial charge in [0.1, 0.15) is 5.82 Å². The number of hydrogen-bond donors (Lipinski definition) is 2. The minimum atomic E-state index is -0.939. The molecule has 1 fully saturated rings. The molecule has 2 rings (SSSR count). The van der Waals surface area contributed by atoms with Gasteiger partial charge >= 0.3 is 5.97 Å². The Morgan fingerprint density at radius 3 is 2.60 bits per heavy atom. The molecule has 1 aromatic rings. The van der Waals surface area contributed by atoms with E-state index in [0.29, 0.717) is 17.3 Å². The van der Waals surface area contributed by atoms with Crippen LogP contribution in [-0.4, -0.2) is 22.5 Å². The van der Waals surface area contributed by atoms with E-state index in [2.05, 4.69) is 21.2 Å². The summed E-state index contributed by atoms with van der Waals surface area (Å²) in [5.74, 6) is -1.89. The van der Waals surface area contributed by atoms with E-state index in [1.807, 2.05) is 0 Å². The number of hydrogen-bond acceptors (Lipinski definition) is 2. The molecule has 0 atom stereocenters. The summed E-state index contributed by atoms with van der Waals surface area (Å²) in [6.45, 7) is 0. The van der Waals surface area contributed by atoms with Gasteiger partial charge in [0.25, 0.3) is 5.91 Å². The molecule has 0 aromatic heterocycles. The van der Waals surface area contributed by atoms with Gasteiger partial charge in [0.15, 0.2) is 0 Å². The summed E-state index contributed by atoms with van der Waals surface area (Å²) >= 11 is 3.21. The first-order chi connectivity index (χ1) is 9.42. The number of carboxylic acids is 1. The summed E-state index contributed by atoms with van der Waals surface area (Å²) in [6.07, 6.45) is 2.94. The predicted molar refractivity (Wildman–Crippen MR) is 75.0 cm³/mol. The zero-order chi connectivity index (χ0) is 14.8. The van der Waals surface area contributed by atoms with Crippen LogP contribution in [0.4, 0.5) is 4.39 Å². The van der Waals surface area contributed by atoms with Gasteiger partial charge in [0.2, 0.25) is 0 Å². The van der Waals surface area contributed by atoms with Crippen molar-refractivity contribution < 1.29 is 19.1 Å². The van der Waals surface area contributed by atoms with E-state index in [1.165, 1.54) is 12.1 Å². The number of nitrogens with one attached hydrogen (secondary N) is 1. The molecule has 6 heteroatoms. The summed E-state index contributed by atoms with van der Waals surface area (Å²) in [7, 11) is 0. The van der Waals surface area contributed by atoms with Crippen LogP contribution >= 0.6 is 15.9 Å². The first-order valence-electron chi connectivity index (χ1n) is 6.41. The van der Waals surface area contributed by atoms with Crippen LogP contribution < -0.4 is 5.32 Å². The molecule has 1 saturated carbocycles. The van der Waals surface area contributed by atoms with E-state index in [1.54, 1.807) is 0 Å². The fourth-order valence-corrected chi connectivity index (χ4v) is 3.09. The fourth-order valence-electron chi connectivity index (χ4n) is 2.67. The molecule has 0 radical (unpaired) electrons. The van der Waals surface area contributed by atoms with Crippen molar-refractivity contribution in [3.05, 3.63) is 34.1 Å². The smallest absolute Gasteiger partial charge is 0.305 e. The van der Waals surface area contributed by atoms with Gasteiger partial charge in [-0.25, -0.2) is 4.39 Å². The topological polar surface area (TPSA) is 66.4 Å². The zero-order valence-electron chi connectivity index (χ0n) is 10.8. The summed E-state index contributed by atoms with van der Waals surface area (Å²) in [6, 6.07) is 3.86. The van der Waals surface area contributed by atoms with Crippen molar-refractivity contribution in [3.63, 3.8) is 0 Å². The fraction of sp³-hybridized carbons (Fsp3) is 0.429. The number of carboxylic acid groups (broad SMARTS) is 1. The molecule has 0 heterocycles. The van der Waals surface area contributed by atoms with Crippen molar-refractivity contribution in [2.45, 2.75) is 37.6 Å². The van der Waals surface area contributed by atoms with Gasteiger partial charge in [0, 0.05) is 4.47 Å².